The number of aliphatic imine (C=N–C) groups is 1. The minimum Gasteiger partial charge on any atom is -0.383 e. The minimum absolute atomic E-state index is 0.196. The molecule has 14 heavy (non-hydrogen) atoms. The fourth-order valence-corrected chi connectivity index (χ4v) is 2.76. The van der Waals surface area contributed by atoms with Crippen molar-refractivity contribution in [3.63, 3.8) is 0 Å². The first-order valence-electron chi connectivity index (χ1n) is 3.93. The van der Waals surface area contributed by atoms with Crippen LogP contribution in [0.25, 0.3) is 0 Å². The normalized spacial score (nSPS) is 15.0. The first-order chi connectivity index (χ1) is 6.58. The Bertz CT molecular complexity index is 454. The lowest BCUT2D eigenvalue weighted by atomic mass is 10.0. The molecule has 0 aromatic heterocycles. The van der Waals surface area contributed by atoms with Crippen LogP contribution in [0.15, 0.2) is 26.1 Å². The number of carbonyl (C=O) groups is 1. The Balaban J connectivity index is 2.69. The molecule has 0 fully saturated rings. The molecule has 0 aliphatic carbocycles. The summed E-state index contributed by atoms with van der Waals surface area (Å²) < 4.78 is 1.80. The van der Waals surface area contributed by atoms with Gasteiger partial charge in [0.2, 0.25) is 0 Å². The van der Waals surface area contributed by atoms with Gasteiger partial charge < -0.3 is 5.73 Å². The first-order valence-corrected chi connectivity index (χ1v) is 5.52. The van der Waals surface area contributed by atoms with E-state index in [1.54, 1.807) is 0 Å². The number of hydrogen-bond donors (Lipinski definition) is 1. The summed E-state index contributed by atoms with van der Waals surface area (Å²) in [5.41, 5.74) is 7.39. The maximum atomic E-state index is 11.2. The van der Waals surface area contributed by atoms with E-state index in [1.165, 1.54) is 0 Å². The lowest BCUT2D eigenvalue weighted by Gasteiger charge is -2.14. The third kappa shape index (κ3) is 1.62. The standard InChI is InChI=1S/C9H6Br2N2O/c10-4-1-6-5(7(11)2-4)3-8(14)13-9(6)12/h1-2H,3H2,(H2,12,13,14). The summed E-state index contributed by atoms with van der Waals surface area (Å²) in [4.78, 5) is 14.9. The zero-order valence-corrected chi connectivity index (χ0v) is 10.2. The largest absolute Gasteiger partial charge is 0.383 e. The number of nitrogens with two attached hydrogens (primary N) is 1. The van der Waals surface area contributed by atoms with Crippen LogP contribution in [0.2, 0.25) is 0 Å². The van der Waals surface area contributed by atoms with E-state index in [-0.39, 0.29) is 5.91 Å². The van der Waals surface area contributed by atoms with E-state index in [1.807, 2.05) is 12.1 Å². The molecule has 2 N–H and O–H groups in total. The Morgan fingerprint density at radius 3 is 2.79 bits per heavy atom. The SMILES string of the molecule is NC1=NC(=O)Cc2c(Br)cc(Br)cc21. The summed E-state index contributed by atoms with van der Waals surface area (Å²) in [5.74, 6) is 0.0938. The third-order valence-corrected chi connectivity index (χ3v) is 3.17. The Morgan fingerprint density at radius 2 is 2.07 bits per heavy atom. The van der Waals surface area contributed by atoms with Gasteiger partial charge in [0.1, 0.15) is 5.84 Å². The fraction of sp³-hybridized carbons (Fsp3) is 0.111. The van der Waals surface area contributed by atoms with Gasteiger partial charge in [-0.05, 0) is 17.7 Å². The van der Waals surface area contributed by atoms with Crippen LogP contribution in [-0.4, -0.2) is 11.7 Å². The number of fused-ring (bicyclic) bond motifs is 1. The predicted molar refractivity (Wildman–Crippen MR) is 61.3 cm³/mol. The molecule has 1 aliphatic rings. The maximum absolute atomic E-state index is 11.2. The highest BCUT2D eigenvalue weighted by atomic mass is 79.9. The summed E-state index contributed by atoms with van der Waals surface area (Å²) in [7, 11) is 0. The summed E-state index contributed by atoms with van der Waals surface area (Å²) in [5, 5.41) is 0. The van der Waals surface area contributed by atoms with Crippen molar-refractivity contribution < 1.29 is 4.79 Å². The minimum atomic E-state index is -0.196. The quantitative estimate of drug-likeness (QED) is 0.795. The highest BCUT2D eigenvalue weighted by Crippen LogP contribution is 2.28. The number of rotatable bonds is 0. The molecule has 0 spiro atoms. The lowest BCUT2D eigenvalue weighted by Crippen LogP contribution is -2.24. The number of amides is 1. The maximum Gasteiger partial charge on any atom is 0.252 e. The molecule has 5 heteroatoms. The number of nitrogens with zero attached hydrogens (tertiary/aromatic N) is 1. The monoisotopic (exact) mass is 316 g/mol. The molecular weight excluding hydrogens is 312 g/mol. The van der Waals surface area contributed by atoms with E-state index < -0.39 is 0 Å². The van der Waals surface area contributed by atoms with Gasteiger partial charge in [-0.15, -0.1) is 0 Å². The molecule has 0 bridgehead atoms. The molecule has 1 aromatic rings. The van der Waals surface area contributed by atoms with Crippen molar-refractivity contribution in [2.75, 3.05) is 0 Å². The van der Waals surface area contributed by atoms with Crippen molar-refractivity contribution in [2.45, 2.75) is 6.42 Å². The van der Waals surface area contributed by atoms with E-state index in [0.717, 1.165) is 20.1 Å². The van der Waals surface area contributed by atoms with Crippen molar-refractivity contribution >= 4 is 43.6 Å². The number of benzene rings is 1. The Kier molecular flexibility index (Phi) is 2.45. The molecule has 3 nitrogen and oxygen atoms in total. The summed E-state index contributed by atoms with van der Waals surface area (Å²) in [6.07, 6.45) is 0.309. The second-order valence-corrected chi connectivity index (χ2v) is 4.75. The van der Waals surface area contributed by atoms with Gasteiger partial charge in [0.05, 0.1) is 6.42 Å². The first kappa shape index (κ1) is 9.86. The van der Waals surface area contributed by atoms with Crippen molar-refractivity contribution in [2.24, 2.45) is 10.7 Å². The van der Waals surface area contributed by atoms with Gasteiger partial charge in [0, 0.05) is 14.5 Å². The highest BCUT2D eigenvalue weighted by Gasteiger charge is 2.19. The Hall–Kier alpha value is -0.680. The topological polar surface area (TPSA) is 55.4 Å². The molecule has 0 atom stereocenters. The van der Waals surface area contributed by atoms with Crippen molar-refractivity contribution in [3.8, 4) is 0 Å². The lowest BCUT2D eigenvalue weighted by molar-refractivity contribution is -0.117. The van der Waals surface area contributed by atoms with E-state index in [2.05, 4.69) is 36.9 Å². The van der Waals surface area contributed by atoms with Crippen molar-refractivity contribution in [1.29, 1.82) is 0 Å². The van der Waals surface area contributed by atoms with Gasteiger partial charge in [-0.25, -0.2) is 0 Å². The number of carbonyl (C=O) groups excluding carboxylic acids is 1. The average molecular weight is 318 g/mol. The molecule has 2 rings (SSSR count). The van der Waals surface area contributed by atoms with Crippen LogP contribution in [0.1, 0.15) is 11.1 Å². The van der Waals surface area contributed by atoms with Crippen LogP contribution in [0.4, 0.5) is 0 Å². The average Bonchev–Trinajstić information content (AvgIpc) is 2.07. The Morgan fingerprint density at radius 1 is 1.36 bits per heavy atom. The third-order valence-electron chi connectivity index (χ3n) is 2.01. The van der Waals surface area contributed by atoms with Crippen molar-refractivity contribution in [3.05, 3.63) is 32.2 Å². The number of halogens is 2. The fourth-order valence-electron chi connectivity index (χ4n) is 1.40. The van der Waals surface area contributed by atoms with Crippen LogP contribution < -0.4 is 5.73 Å². The van der Waals surface area contributed by atoms with Gasteiger partial charge in [-0.1, -0.05) is 31.9 Å². The van der Waals surface area contributed by atoms with E-state index in [4.69, 9.17) is 5.73 Å². The van der Waals surface area contributed by atoms with Crippen LogP contribution in [0.3, 0.4) is 0 Å². The predicted octanol–water partition coefficient (Wildman–Crippen LogP) is 2.00. The second-order valence-electron chi connectivity index (χ2n) is 2.98. The van der Waals surface area contributed by atoms with Crippen LogP contribution in [-0.2, 0) is 11.2 Å². The summed E-state index contributed by atoms with van der Waals surface area (Å²) in [6, 6.07) is 3.76. The summed E-state index contributed by atoms with van der Waals surface area (Å²) in [6.45, 7) is 0. The molecule has 72 valence electrons. The number of amidine groups is 1. The van der Waals surface area contributed by atoms with Gasteiger partial charge in [-0.2, -0.15) is 4.99 Å². The molecule has 0 saturated carbocycles. The molecule has 1 amide bonds. The van der Waals surface area contributed by atoms with E-state index in [9.17, 15) is 4.79 Å². The van der Waals surface area contributed by atoms with E-state index in [0.29, 0.717) is 12.3 Å². The molecule has 1 heterocycles. The molecule has 0 unspecified atom stereocenters. The zero-order chi connectivity index (χ0) is 10.3. The van der Waals surface area contributed by atoms with Crippen LogP contribution in [0.5, 0.6) is 0 Å². The van der Waals surface area contributed by atoms with Gasteiger partial charge >= 0.3 is 0 Å². The molecular formula is C9H6Br2N2O. The highest BCUT2D eigenvalue weighted by molar-refractivity contribution is 9.11. The Labute approximate surface area is 97.7 Å². The van der Waals surface area contributed by atoms with Gasteiger partial charge in [0.25, 0.3) is 5.91 Å². The summed E-state index contributed by atoms with van der Waals surface area (Å²) >= 11 is 6.75. The number of hydrogen-bond acceptors (Lipinski definition) is 2. The smallest absolute Gasteiger partial charge is 0.252 e. The molecule has 1 aromatic carbocycles. The van der Waals surface area contributed by atoms with Crippen LogP contribution in [0, 0.1) is 0 Å². The molecule has 0 saturated heterocycles. The molecule has 1 aliphatic heterocycles. The van der Waals surface area contributed by atoms with Crippen LogP contribution >= 0.6 is 31.9 Å². The van der Waals surface area contributed by atoms with Gasteiger partial charge in [-0.3, -0.25) is 4.79 Å². The molecule has 0 radical (unpaired) electrons. The second kappa shape index (κ2) is 3.47. The van der Waals surface area contributed by atoms with Gasteiger partial charge in [0.15, 0.2) is 0 Å². The zero-order valence-electron chi connectivity index (χ0n) is 7.05. The van der Waals surface area contributed by atoms with E-state index >= 15 is 0 Å². The van der Waals surface area contributed by atoms with Crippen molar-refractivity contribution in [1.82, 2.24) is 0 Å².